The summed E-state index contributed by atoms with van der Waals surface area (Å²) in [5, 5.41) is 2.03. The predicted octanol–water partition coefficient (Wildman–Crippen LogP) is 3.89. The molecule has 0 aliphatic rings. The molecule has 2 aromatic rings. The van der Waals surface area contributed by atoms with Crippen LogP contribution in [0.25, 0.3) is 0 Å². The Morgan fingerprint density at radius 3 is 2.43 bits per heavy atom. The predicted molar refractivity (Wildman–Crippen MR) is 120 cm³/mol. The molecule has 9 heteroatoms. The highest BCUT2D eigenvalue weighted by molar-refractivity contribution is 8.38. The molecule has 2 aromatic carbocycles. The molecule has 0 atom stereocenters. The van der Waals surface area contributed by atoms with Crippen molar-refractivity contribution in [1.29, 1.82) is 0 Å². The number of hydrogen-bond donors (Lipinski definition) is 2. The molecule has 0 fully saturated rings. The minimum Gasteiger partial charge on any atom is -0.497 e. The second-order valence-corrected chi connectivity index (χ2v) is 7.92. The smallest absolute Gasteiger partial charge is 0.352 e. The van der Waals surface area contributed by atoms with Crippen LogP contribution in [0.15, 0.2) is 47.5 Å². The zero-order chi connectivity index (χ0) is 20.7. The lowest BCUT2D eigenvalue weighted by molar-refractivity contribution is 0.216. The van der Waals surface area contributed by atoms with Crippen LogP contribution in [0, 0.1) is 6.92 Å². The number of amides is 2. The largest absolute Gasteiger partial charge is 0.497 e. The summed E-state index contributed by atoms with van der Waals surface area (Å²) < 4.78 is 6.08. The Bertz CT molecular complexity index is 841. The summed E-state index contributed by atoms with van der Waals surface area (Å²) in [6.45, 7) is 1.99. The van der Waals surface area contributed by atoms with E-state index in [2.05, 4.69) is 4.99 Å². The Hall–Kier alpha value is -2.20. The molecule has 2 rings (SSSR count). The number of urea groups is 1. The zero-order valence-corrected chi connectivity index (χ0v) is 18.0. The van der Waals surface area contributed by atoms with E-state index in [0.29, 0.717) is 11.4 Å². The normalized spacial score (nSPS) is 11.3. The fourth-order valence-corrected chi connectivity index (χ4v) is 4.06. The summed E-state index contributed by atoms with van der Waals surface area (Å²) in [5.74, 6) is 13.0. The van der Waals surface area contributed by atoms with Gasteiger partial charge in [-0.25, -0.2) is 26.5 Å². The number of nitrogens with zero attached hydrogens (tertiary/aromatic N) is 3. The summed E-state index contributed by atoms with van der Waals surface area (Å²) in [6, 6.07) is 12.7. The Balaban J connectivity index is 2.22. The van der Waals surface area contributed by atoms with Crippen molar-refractivity contribution in [3.05, 3.63) is 53.6 Å². The summed E-state index contributed by atoms with van der Waals surface area (Å²) >= 11 is 3.16. The summed E-state index contributed by atoms with van der Waals surface area (Å²) in [6.07, 6.45) is 1.98. The Morgan fingerprint density at radius 1 is 1.18 bits per heavy atom. The van der Waals surface area contributed by atoms with Crippen LogP contribution in [-0.4, -0.2) is 35.8 Å². The molecule has 0 aromatic heterocycles. The average molecular weight is 420 g/mol. The number of ether oxygens (including phenoxy) is 1. The van der Waals surface area contributed by atoms with Gasteiger partial charge >= 0.3 is 6.03 Å². The van der Waals surface area contributed by atoms with E-state index in [0.717, 1.165) is 37.0 Å². The third-order valence-electron chi connectivity index (χ3n) is 3.96. The van der Waals surface area contributed by atoms with Gasteiger partial charge in [-0.05, 0) is 54.6 Å². The maximum atomic E-state index is 12.2. The fourth-order valence-electron chi connectivity index (χ4n) is 2.41. The molecule has 0 spiro atoms. The highest BCUT2D eigenvalue weighted by atomic mass is 32.2. The van der Waals surface area contributed by atoms with Crippen molar-refractivity contribution in [2.45, 2.75) is 12.7 Å². The number of hydrogen-bond acceptors (Lipinski definition) is 7. The highest BCUT2D eigenvalue weighted by Gasteiger charge is 2.19. The lowest BCUT2D eigenvalue weighted by Gasteiger charge is -2.24. The standard InChI is InChI=1S/C19H25N5O2S2/c1-13-6-5-7-17(24(21)19(25)23(2)20)16(13)12-28-18(27-4)22-14-8-10-15(26-3)11-9-14/h5-11H,12,20-21H2,1-4H3/b22-18-. The number of hydrazine groups is 2. The van der Waals surface area contributed by atoms with E-state index in [1.807, 2.05) is 55.6 Å². The first-order valence-corrected chi connectivity index (χ1v) is 10.6. The number of aryl methyl sites for hydroxylation is 1. The summed E-state index contributed by atoms with van der Waals surface area (Å²) in [4.78, 5) is 16.8. The van der Waals surface area contributed by atoms with Crippen molar-refractivity contribution in [3.63, 3.8) is 0 Å². The Morgan fingerprint density at radius 2 is 1.86 bits per heavy atom. The van der Waals surface area contributed by atoms with Crippen molar-refractivity contribution < 1.29 is 9.53 Å². The first-order chi connectivity index (χ1) is 13.4. The maximum absolute atomic E-state index is 12.2. The van der Waals surface area contributed by atoms with Gasteiger partial charge in [-0.2, -0.15) is 0 Å². The molecular weight excluding hydrogens is 394 g/mol. The Kier molecular flexibility index (Phi) is 8.18. The molecule has 28 heavy (non-hydrogen) atoms. The topological polar surface area (TPSA) is 97.2 Å². The van der Waals surface area contributed by atoms with Crippen LogP contribution >= 0.6 is 23.5 Å². The van der Waals surface area contributed by atoms with Gasteiger partial charge in [0, 0.05) is 12.8 Å². The van der Waals surface area contributed by atoms with Gasteiger partial charge in [-0.15, -0.1) is 11.8 Å². The second-order valence-electron chi connectivity index (χ2n) is 5.90. The van der Waals surface area contributed by atoms with Crippen molar-refractivity contribution in [1.82, 2.24) is 5.01 Å². The monoisotopic (exact) mass is 419 g/mol. The molecule has 150 valence electrons. The molecule has 2 amide bonds. The molecule has 7 nitrogen and oxygen atoms in total. The molecule has 0 heterocycles. The van der Waals surface area contributed by atoms with Crippen LogP contribution in [-0.2, 0) is 5.75 Å². The number of carbonyl (C=O) groups excluding carboxylic acids is 1. The summed E-state index contributed by atoms with van der Waals surface area (Å²) in [5.41, 5.74) is 3.47. The third kappa shape index (κ3) is 5.65. The van der Waals surface area contributed by atoms with E-state index < -0.39 is 6.03 Å². The van der Waals surface area contributed by atoms with Gasteiger partial charge in [-0.1, -0.05) is 23.9 Å². The minimum absolute atomic E-state index is 0.492. The molecule has 4 N–H and O–H groups in total. The first kappa shape index (κ1) is 22.1. The van der Waals surface area contributed by atoms with Gasteiger partial charge in [0.05, 0.1) is 18.5 Å². The number of thioether (sulfide) groups is 2. The Labute approximate surface area is 174 Å². The second kappa shape index (κ2) is 10.4. The molecule has 0 unspecified atom stereocenters. The fraction of sp³-hybridized carbons (Fsp3) is 0.263. The number of anilines is 1. The molecule has 0 aliphatic heterocycles. The van der Waals surface area contributed by atoms with Crippen molar-refractivity contribution in [2.24, 2.45) is 16.7 Å². The number of benzene rings is 2. The van der Waals surface area contributed by atoms with Gasteiger partial charge in [0.1, 0.15) is 10.1 Å². The quantitative estimate of drug-likeness (QED) is 0.251. The van der Waals surface area contributed by atoms with Gasteiger partial charge < -0.3 is 4.74 Å². The average Bonchev–Trinajstić information content (AvgIpc) is 2.70. The maximum Gasteiger partial charge on any atom is 0.352 e. The van der Waals surface area contributed by atoms with Gasteiger partial charge in [0.15, 0.2) is 0 Å². The molecule has 0 saturated heterocycles. The van der Waals surface area contributed by atoms with E-state index >= 15 is 0 Å². The highest BCUT2D eigenvalue weighted by Crippen LogP contribution is 2.30. The van der Waals surface area contributed by atoms with Crippen LogP contribution in [0.5, 0.6) is 5.75 Å². The first-order valence-electron chi connectivity index (χ1n) is 8.42. The number of carbonyl (C=O) groups is 1. The zero-order valence-electron chi connectivity index (χ0n) is 16.4. The summed E-state index contributed by atoms with van der Waals surface area (Å²) in [7, 11) is 3.09. The minimum atomic E-state index is -0.492. The van der Waals surface area contributed by atoms with E-state index in [1.54, 1.807) is 30.6 Å². The number of nitrogens with two attached hydrogens (primary N) is 2. The lowest BCUT2D eigenvalue weighted by Crippen LogP contribution is -2.49. The van der Waals surface area contributed by atoms with E-state index in [-0.39, 0.29) is 0 Å². The van der Waals surface area contributed by atoms with Crippen LogP contribution in [0.2, 0.25) is 0 Å². The van der Waals surface area contributed by atoms with Crippen LogP contribution in [0.3, 0.4) is 0 Å². The van der Waals surface area contributed by atoms with Gasteiger partial charge in [0.2, 0.25) is 0 Å². The number of rotatable bonds is 5. The van der Waals surface area contributed by atoms with Gasteiger partial charge in [-0.3, -0.25) is 5.01 Å². The van der Waals surface area contributed by atoms with Crippen LogP contribution < -0.4 is 21.4 Å². The van der Waals surface area contributed by atoms with E-state index in [1.165, 1.54) is 7.05 Å². The molecule has 0 radical (unpaired) electrons. The van der Waals surface area contributed by atoms with Gasteiger partial charge in [0.25, 0.3) is 0 Å². The van der Waals surface area contributed by atoms with Crippen molar-refractivity contribution in [2.75, 3.05) is 25.4 Å². The number of methoxy groups -OCH3 is 1. The molecule has 0 saturated carbocycles. The number of aliphatic imine (C=N–C) groups is 1. The molecular formula is C19H25N5O2S2. The lowest BCUT2D eigenvalue weighted by atomic mass is 10.1. The van der Waals surface area contributed by atoms with Crippen molar-refractivity contribution in [3.8, 4) is 5.75 Å². The van der Waals surface area contributed by atoms with E-state index in [4.69, 9.17) is 16.4 Å². The SMILES string of the molecule is COc1ccc(/N=C(/SC)SCc2c(C)cccc2N(N)C(=O)N(C)N)cc1. The van der Waals surface area contributed by atoms with Crippen LogP contribution in [0.4, 0.5) is 16.2 Å². The van der Waals surface area contributed by atoms with E-state index in [9.17, 15) is 4.79 Å². The van der Waals surface area contributed by atoms with Crippen LogP contribution in [0.1, 0.15) is 11.1 Å². The third-order valence-corrected chi connectivity index (χ3v) is 6.03. The molecule has 0 aliphatic carbocycles. The molecule has 0 bridgehead atoms. The van der Waals surface area contributed by atoms with Crippen molar-refractivity contribution >= 4 is 45.3 Å².